The largest absolute Gasteiger partial charge is 0.316 e. The lowest BCUT2D eigenvalue weighted by atomic mass is 9.95. The first-order valence-corrected chi connectivity index (χ1v) is 10.4. The van der Waals surface area contributed by atoms with Crippen molar-refractivity contribution in [3.8, 4) is 0 Å². The number of hydrogen-bond acceptors (Lipinski definition) is 4. The molecule has 2 aliphatic rings. The molecular formula is C24H26O4. The Bertz CT molecular complexity index is 983. The Hall–Kier alpha value is -1.98. The van der Waals surface area contributed by atoms with Crippen molar-refractivity contribution in [1.29, 1.82) is 0 Å². The van der Waals surface area contributed by atoms with Crippen LogP contribution in [0, 0.1) is 0 Å². The summed E-state index contributed by atoms with van der Waals surface area (Å²) in [6.07, 6.45) is 5.29. The van der Waals surface area contributed by atoms with Gasteiger partial charge in [0, 0.05) is 17.5 Å². The van der Waals surface area contributed by atoms with Crippen molar-refractivity contribution in [2.75, 3.05) is 0 Å². The Labute approximate surface area is 165 Å². The molecule has 1 unspecified atom stereocenters. The molecule has 1 fully saturated rings. The summed E-state index contributed by atoms with van der Waals surface area (Å²) in [5, 5.41) is 4.71. The number of benzene rings is 3. The molecule has 4 heteroatoms. The summed E-state index contributed by atoms with van der Waals surface area (Å²) in [7, 11) is 0. The topological polar surface area (TPSA) is 36.9 Å². The van der Waals surface area contributed by atoms with Crippen LogP contribution in [0.3, 0.4) is 0 Å². The van der Waals surface area contributed by atoms with Crippen LogP contribution in [0.4, 0.5) is 0 Å². The monoisotopic (exact) mass is 378 g/mol. The van der Waals surface area contributed by atoms with E-state index in [2.05, 4.69) is 49.4 Å². The molecule has 0 N–H and O–H groups in total. The zero-order valence-electron chi connectivity index (χ0n) is 16.2. The van der Waals surface area contributed by atoms with E-state index in [4.69, 9.17) is 19.2 Å². The molecule has 0 aromatic heterocycles. The van der Waals surface area contributed by atoms with Crippen molar-refractivity contribution in [3.63, 3.8) is 0 Å². The van der Waals surface area contributed by atoms with E-state index in [1.165, 1.54) is 41.8 Å². The standard InChI is InChI=1S/C24H26O4/c1-2-3-4-5-6-13-20-25-23-18-11-7-9-16-14-15-17-10-8-12-19(22(17)21(16)18)24(26-23)28-27-20/h7-12,14-15,20,23-24H,2-6,13H2,1H3/t20?,23-,24-/m0/s1. The summed E-state index contributed by atoms with van der Waals surface area (Å²) in [6.45, 7) is 2.23. The third kappa shape index (κ3) is 3.20. The van der Waals surface area contributed by atoms with Crippen LogP contribution in [0.1, 0.15) is 69.2 Å². The average molecular weight is 378 g/mol. The maximum atomic E-state index is 6.25. The predicted molar refractivity (Wildman–Crippen MR) is 108 cm³/mol. The zero-order valence-corrected chi connectivity index (χ0v) is 16.2. The molecule has 3 atom stereocenters. The van der Waals surface area contributed by atoms with Gasteiger partial charge in [0.15, 0.2) is 12.6 Å². The molecule has 0 spiro atoms. The fraction of sp³-hybridized carbons (Fsp3) is 0.417. The molecule has 2 bridgehead atoms. The first-order valence-electron chi connectivity index (χ1n) is 10.4. The van der Waals surface area contributed by atoms with Gasteiger partial charge in [-0.2, -0.15) is 4.89 Å². The van der Waals surface area contributed by atoms with Crippen LogP contribution in [0.25, 0.3) is 21.5 Å². The highest BCUT2D eigenvalue weighted by atomic mass is 17.3. The van der Waals surface area contributed by atoms with Crippen LogP contribution in [-0.2, 0) is 19.2 Å². The third-order valence-corrected chi connectivity index (χ3v) is 5.77. The van der Waals surface area contributed by atoms with Gasteiger partial charge < -0.3 is 9.47 Å². The SMILES string of the molecule is CCCCCCCC1OO[C@@H]2O[C@H](O1)c1cccc3ccc4cccc2c4c13. The van der Waals surface area contributed by atoms with Crippen LogP contribution in [-0.4, -0.2) is 6.29 Å². The van der Waals surface area contributed by atoms with Gasteiger partial charge in [-0.15, -0.1) is 0 Å². The number of ether oxygens (including phenoxy) is 2. The molecule has 2 aliphatic heterocycles. The molecule has 1 saturated heterocycles. The summed E-state index contributed by atoms with van der Waals surface area (Å²) >= 11 is 0. The molecule has 0 aliphatic carbocycles. The van der Waals surface area contributed by atoms with Crippen molar-refractivity contribution in [3.05, 3.63) is 59.7 Å². The van der Waals surface area contributed by atoms with Gasteiger partial charge >= 0.3 is 0 Å². The van der Waals surface area contributed by atoms with Gasteiger partial charge in [0.25, 0.3) is 0 Å². The maximum Gasteiger partial charge on any atom is 0.220 e. The van der Waals surface area contributed by atoms with Crippen LogP contribution in [0.2, 0.25) is 0 Å². The Morgan fingerprint density at radius 3 is 2.07 bits per heavy atom. The van der Waals surface area contributed by atoms with Crippen molar-refractivity contribution in [1.82, 2.24) is 0 Å². The Morgan fingerprint density at radius 1 is 0.679 bits per heavy atom. The molecule has 0 saturated carbocycles. The van der Waals surface area contributed by atoms with E-state index >= 15 is 0 Å². The molecule has 146 valence electrons. The van der Waals surface area contributed by atoms with Crippen molar-refractivity contribution < 1.29 is 19.2 Å². The Balaban J connectivity index is 1.50. The second kappa shape index (κ2) is 7.80. The smallest absolute Gasteiger partial charge is 0.220 e. The van der Waals surface area contributed by atoms with Crippen LogP contribution in [0.5, 0.6) is 0 Å². The van der Waals surface area contributed by atoms with Crippen molar-refractivity contribution in [2.24, 2.45) is 0 Å². The molecule has 3 aromatic rings. The zero-order chi connectivity index (χ0) is 18.9. The Morgan fingerprint density at radius 2 is 1.36 bits per heavy atom. The number of rotatable bonds is 6. The van der Waals surface area contributed by atoms with Gasteiger partial charge in [-0.3, -0.25) is 0 Å². The molecule has 4 nitrogen and oxygen atoms in total. The molecule has 28 heavy (non-hydrogen) atoms. The lowest BCUT2D eigenvalue weighted by molar-refractivity contribution is -0.402. The highest BCUT2D eigenvalue weighted by Crippen LogP contribution is 2.45. The first-order chi connectivity index (χ1) is 13.8. The summed E-state index contributed by atoms with van der Waals surface area (Å²) in [6, 6.07) is 16.8. The third-order valence-electron chi connectivity index (χ3n) is 5.77. The molecule has 5 rings (SSSR count). The average Bonchev–Trinajstić information content (AvgIpc) is 3.02. The number of hydrogen-bond donors (Lipinski definition) is 0. The minimum atomic E-state index is -0.600. The van der Waals surface area contributed by atoms with Crippen LogP contribution < -0.4 is 0 Å². The number of fused-ring (bicyclic) bond motifs is 4. The molecule has 3 aromatic carbocycles. The second-order valence-corrected chi connectivity index (χ2v) is 7.72. The highest BCUT2D eigenvalue weighted by Gasteiger charge is 2.35. The van der Waals surface area contributed by atoms with E-state index in [0.717, 1.165) is 29.4 Å². The van der Waals surface area contributed by atoms with Gasteiger partial charge in [0.2, 0.25) is 6.29 Å². The molecule has 0 amide bonds. The fourth-order valence-corrected chi connectivity index (χ4v) is 4.35. The fourth-order valence-electron chi connectivity index (χ4n) is 4.35. The van der Waals surface area contributed by atoms with E-state index in [1.54, 1.807) is 0 Å². The van der Waals surface area contributed by atoms with Crippen molar-refractivity contribution in [2.45, 2.75) is 64.3 Å². The van der Waals surface area contributed by atoms with E-state index in [-0.39, 0.29) is 0 Å². The lowest BCUT2D eigenvalue weighted by Crippen LogP contribution is -2.18. The summed E-state index contributed by atoms with van der Waals surface area (Å²) < 4.78 is 12.5. The second-order valence-electron chi connectivity index (χ2n) is 7.72. The van der Waals surface area contributed by atoms with E-state index in [0.29, 0.717) is 0 Å². The quantitative estimate of drug-likeness (QED) is 0.272. The van der Waals surface area contributed by atoms with Gasteiger partial charge in [0.1, 0.15) is 0 Å². The summed E-state index contributed by atoms with van der Waals surface area (Å²) in [5.74, 6) is 0. The number of unbranched alkanes of at least 4 members (excludes halogenated alkanes) is 4. The van der Waals surface area contributed by atoms with E-state index < -0.39 is 18.9 Å². The van der Waals surface area contributed by atoms with Crippen LogP contribution >= 0.6 is 0 Å². The van der Waals surface area contributed by atoms with Crippen LogP contribution in [0.15, 0.2) is 48.5 Å². The molecule has 2 heterocycles. The normalized spacial score (nSPS) is 23.8. The van der Waals surface area contributed by atoms with Gasteiger partial charge in [0.05, 0.1) is 0 Å². The van der Waals surface area contributed by atoms with Gasteiger partial charge in [-0.1, -0.05) is 81.1 Å². The lowest BCUT2D eigenvalue weighted by Gasteiger charge is -2.20. The summed E-state index contributed by atoms with van der Waals surface area (Å²) in [4.78, 5) is 11.4. The van der Waals surface area contributed by atoms with E-state index in [9.17, 15) is 0 Å². The highest BCUT2D eigenvalue weighted by molar-refractivity contribution is 6.11. The van der Waals surface area contributed by atoms with E-state index in [1.807, 2.05) is 6.07 Å². The Kier molecular flexibility index (Phi) is 5.03. The minimum Gasteiger partial charge on any atom is -0.316 e. The van der Waals surface area contributed by atoms with Gasteiger partial charge in [-0.25, -0.2) is 4.89 Å². The maximum absolute atomic E-state index is 6.25. The molecular weight excluding hydrogens is 352 g/mol. The minimum absolute atomic E-state index is 0.420. The predicted octanol–water partition coefficient (Wildman–Crippen LogP) is 6.69. The van der Waals surface area contributed by atoms with Crippen molar-refractivity contribution >= 4 is 21.5 Å². The molecule has 0 radical (unpaired) electrons. The summed E-state index contributed by atoms with van der Waals surface area (Å²) in [5.41, 5.74) is 2.04. The first kappa shape index (κ1) is 18.1. The van der Waals surface area contributed by atoms with Gasteiger partial charge in [-0.05, 0) is 28.0 Å².